The van der Waals surface area contributed by atoms with Gasteiger partial charge in [0, 0.05) is 30.1 Å². The van der Waals surface area contributed by atoms with Crippen molar-refractivity contribution < 1.29 is 14.3 Å². The summed E-state index contributed by atoms with van der Waals surface area (Å²) >= 11 is 1.63. The fourth-order valence-electron chi connectivity index (χ4n) is 4.68. The molecule has 0 bridgehead atoms. The predicted octanol–water partition coefficient (Wildman–Crippen LogP) is 3.63. The zero-order valence-electron chi connectivity index (χ0n) is 17.1. The zero-order valence-corrected chi connectivity index (χ0v) is 17.9. The van der Waals surface area contributed by atoms with E-state index in [-0.39, 0.29) is 17.6 Å². The molecule has 1 aliphatic heterocycles. The normalized spacial score (nSPS) is 25.1. The number of methoxy groups -OCH3 is 1. The van der Waals surface area contributed by atoms with Crippen LogP contribution >= 0.6 is 11.3 Å². The van der Waals surface area contributed by atoms with Gasteiger partial charge in [0.1, 0.15) is 11.4 Å². The van der Waals surface area contributed by atoms with Gasteiger partial charge in [0.05, 0.1) is 26.2 Å². The summed E-state index contributed by atoms with van der Waals surface area (Å²) in [6.45, 7) is 3.28. The van der Waals surface area contributed by atoms with Crippen molar-refractivity contribution in [1.82, 2.24) is 10.2 Å². The first-order valence-electron chi connectivity index (χ1n) is 10.5. The van der Waals surface area contributed by atoms with E-state index >= 15 is 0 Å². The van der Waals surface area contributed by atoms with Gasteiger partial charge in [-0.15, -0.1) is 11.3 Å². The lowest BCUT2D eigenvalue weighted by molar-refractivity contribution is -0.151. The Bertz CT molecular complexity index is 806. The van der Waals surface area contributed by atoms with E-state index in [1.165, 1.54) is 5.56 Å². The number of benzene rings is 1. The molecule has 2 atom stereocenters. The van der Waals surface area contributed by atoms with Crippen LogP contribution in [0.15, 0.2) is 41.8 Å². The summed E-state index contributed by atoms with van der Waals surface area (Å²) in [4.78, 5) is 16.2. The van der Waals surface area contributed by atoms with Crippen LogP contribution in [0.1, 0.15) is 36.1 Å². The monoisotopic (exact) mass is 414 g/mol. The molecule has 0 radical (unpaired) electrons. The molecular weight excluding hydrogens is 384 g/mol. The minimum absolute atomic E-state index is 0.0733. The Morgan fingerprint density at radius 3 is 3.03 bits per heavy atom. The van der Waals surface area contributed by atoms with Crippen molar-refractivity contribution in [2.75, 3.05) is 26.8 Å². The quantitative estimate of drug-likeness (QED) is 0.784. The number of nitrogens with one attached hydrogen (secondary N) is 1. The summed E-state index contributed by atoms with van der Waals surface area (Å²) in [6, 6.07) is 12.3. The predicted molar refractivity (Wildman–Crippen MR) is 115 cm³/mol. The molecule has 5 nitrogen and oxygen atoms in total. The number of morpholine rings is 1. The van der Waals surface area contributed by atoms with Crippen molar-refractivity contribution in [3.8, 4) is 5.75 Å². The van der Waals surface area contributed by atoms with Crippen LogP contribution in [0, 0.1) is 0 Å². The smallest absolute Gasteiger partial charge is 0.225 e. The van der Waals surface area contributed by atoms with Crippen LogP contribution in [0.5, 0.6) is 5.75 Å². The van der Waals surface area contributed by atoms with Gasteiger partial charge in [-0.05, 0) is 30.4 Å². The Kier molecular flexibility index (Phi) is 6.53. The minimum atomic E-state index is -0.288. The summed E-state index contributed by atoms with van der Waals surface area (Å²) in [7, 11) is 1.72. The van der Waals surface area contributed by atoms with Gasteiger partial charge in [-0.3, -0.25) is 9.69 Å². The maximum absolute atomic E-state index is 12.7. The molecule has 29 heavy (non-hydrogen) atoms. The second-order valence-corrected chi connectivity index (χ2v) is 9.09. The summed E-state index contributed by atoms with van der Waals surface area (Å²) in [5, 5.41) is 5.33. The highest BCUT2D eigenvalue weighted by Crippen LogP contribution is 2.36. The molecule has 4 rings (SSSR count). The second kappa shape index (κ2) is 9.28. The van der Waals surface area contributed by atoms with Gasteiger partial charge in [0.15, 0.2) is 0 Å². The Balaban J connectivity index is 1.44. The first kappa shape index (κ1) is 20.4. The molecule has 1 aromatic carbocycles. The van der Waals surface area contributed by atoms with Gasteiger partial charge in [-0.1, -0.05) is 37.1 Å². The number of thiophene rings is 1. The lowest BCUT2D eigenvalue weighted by Gasteiger charge is -2.49. The highest BCUT2D eigenvalue weighted by atomic mass is 32.1. The standard InChI is InChI=1S/C23H30N2O3S/c1-27-20-9-3-2-7-18(20)16-25-12-13-28-23(17-25)11-5-4-10-21(23)24-22(26)15-19-8-6-14-29-19/h2-3,6-9,14,21H,4-5,10-13,15-17H2,1H3,(H,24,26)/t21-,23+/m0/s1. The largest absolute Gasteiger partial charge is 0.496 e. The minimum Gasteiger partial charge on any atom is -0.496 e. The molecule has 1 aliphatic carbocycles. The number of carbonyl (C=O) groups is 1. The maximum Gasteiger partial charge on any atom is 0.225 e. The summed E-state index contributed by atoms with van der Waals surface area (Å²) in [6.07, 6.45) is 4.73. The van der Waals surface area contributed by atoms with Crippen LogP contribution in [0.3, 0.4) is 0 Å². The topological polar surface area (TPSA) is 50.8 Å². The fraction of sp³-hybridized carbons (Fsp3) is 0.522. The summed E-state index contributed by atoms with van der Waals surface area (Å²) < 4.78 is 11.9. The van der Waals surface area contributed by atoms with E-state index in [9.17, 15) is 4.79 Å². The zero-order chi connectivity index (χ0) is 20.1. The Morgan fingerprint density at radius 1 is 1.31 bits per heavy atom. The molecule has 1 aromatic heterocycles. The number of carbonyl (C=O) groups excluding carboxylic acids is 1. The second-order valence-electron chi connectivity index (χ2n) is 8.06. The molecule has 1 amide bonds. The Morgan fingerprint density at radius 2 is 2.21 bits per heavy atom. The number of hydrogen-bond acceptors (Lipinski definition) is 5. The number of ether oxygens (including phenoxy) is 2. The third-order valence-electron chi connectivity index (χ3n) is 6.10. The van der Waals surface area contributed by atoms with Crippen molar-refractivity contribution in [1.29, 1.82) is 0 Å². The van der Waals surface area contributed by atoms with E-state index in [2.05, 4.69) is 22.3 Å². The van der Waals surface area contributed by atoms with Crippen molar-refractivity contribution in [3.05, 3.63) is 52.2 Å². The molecule has 1 saturated heterocycles. The molecule has 2 heterocycles. The lowest BCUT2D eigenvalue weighted by atomic mass is 9.78. The number of rotatable bonds is 6. The van der Waals surface area contributed by atoms with Crippen LogP contribution in [0.4, 0.5) is 0 Å². The van der Waals surface area contributed by atoms with Crippen LogP contribution in [0.2, 0.25) is 0 Å². The van der Waals surface area contributed by atoms with Crippen molar-refractivity contribution in [3.63, 3.8) is 0 Å². The molecular formula is C23H30N2O3S. The van der Waals surface area contributed by atoms with Gasteiger partial charge >= 0.3 is 0 Å². The summed E-state index contributed by atoms with van der Waals surface area (Å²) in [5.41, 5.74) is 0.907. The van der Waals surface area contributed by atoms with E-state index in [0.29, 0.717) is 13.0 Å². The average Bonchev–Trinajstić information content (AvgIpc) is 3.23. The van der Waals surface area contributed by atoms with Gasteiger partial charge in [-0.25, -0.2) is 0 Å². The van der Waals surface area contributed by atoms with Gasteiger partial charge < -0.3 is 14.8 Å². The molecule has 2 aromatic rings. The number of amides is 1. The van der Waals surface area contributed by atoms with Gasteiger partial charge in [-0.2, -0.15) is 0 Å². The van der Waals surface area contributed by atoms with E-state index in [1.54, 1.807) is 18.4 Å². The Hall–Kier alpha value is -1.89. The maximum atomic E-state index is 12.7. The molecule has 1 saturated carbocycles. The molecule has 0 unspecified atom stereocenters. The molecule has 1 N–H and O–H groups in total. The lowest BCUT2D eigenvalue weighted by Crippen LogP contribution is -2.64. The van der Waals surface area contributed by atoms with Gasteiger partial charge in [0.25, 0.3) is 0 Å². The molecule has 2 aliphatic rings. The molecule has 6 heteroatoms. The average molecular weight is 415 g/mol. The number of hydrogen-bond donors (Lipinski definition) is 1. The molecule has 1 spiro atoms. The Labute approximate surface area is 177 Å². The van der Waals surface area contributed by atoms with E-state index in [1.807, 2.05) is 29.6 Å². The van der Waals surface area contributed by atoms with Crippen LogP contribution in [-0.4, -0.2) is 49.3 Å². The van der Waals surface area contributed by atoms with Crippen molar-refractivity contribution >= 4 is 17.2 Å². The highest BCUT2D eigenvalue weighted by Gasteiger charge is 2.45. The molecule has 156 valence electrons. The molecule has 2 fully saturated rings. The number of nitrogens with zero attached hydrogens (tertiary/aromatic N) is 1. The third kappa shape index (κ3) is 4.82. The van der Waals surface area contributed by atoms with Gasteiger partial charge in [0.2, 0.25) is 5.91 Å². The van der Waals surface area contributed by atoms with Crippen molar-refractivity contribution in [2.24, 2.45) is 0 Å². The fourth-order valence-corrected chi connectivity index (χ4v) is 5.39. The third-order valence-corrected chi connectivity index (χ3v) is 6.98. The summed E-state index contributed by atoms with van der Waals surface area (Å²) in [5.74, 6) is 1.03. The first-order chi connectivity index (χ1) is 14.2. The van der Waals surface area contributed by atoms with Crippen LogP contribution < -0.4 is 10.1 Å². The number of para-hydroxylation sites is 1. The van der Waals surface area contributed by atoms with Crippen molar-refractivity contribution in [2.45, 2.75) is 50.3 Å². The SMILES string of the molecule is COc1ccccc1CN1CCO[C@]2(CCCC[C@@H]2NC(=O)Cc2cccs2)C1. The van der Waals surface area contributed by atoms with E-state index in [4.69, 9.17) is 9.47 Å². The van der Waals surface area contributed by atoms with Crippen LogP contribution in [0.25, 0.3) is 0 Å². The first-order valence-corrected chi connectivity index (χ1v) is 11.4. The van der Waals surface area contributed by atoms with E-state index < -0.39 is 0 Å². The van der Waals surface area contributed by atoms with Crippen LogP contribution in [-0.2, 0) is 22.5 Å². The highest BCUT2D eigenvalue weighted by molar-refractivity contribution is 7.10. The van der Waals surface area contributed by atoms with E-state index in [0.717, 1.165) is 55.9 Å².